The molecule has 7 nitrogen and oxygen atoms in total. The van der Waals surface area contributed by atoms with E-state index in [1.165, 1.54) is 0 Å². The van der Waals surface area contributed by atoms with Gasteiger partial charge in [0.05, 0.1) is 30.7 Å². The highest BCUT2D eigenvalue weighted by atomic mass is 16.7. The molecular weight excluding hydrogens is 332 g/mol. The van der Waals surface area contributed by atoms with Crippen LogP contribution >= 0.6 is 0 Å². The Hall–Kier alpha value is -2.25. The normalized spacial score (nSPS) is 19.2. The van der Waals surface area contributed by atoms with Crippen LogP contribution in [0, 0.1) is 5.92 Å². The van der Waals surface area contributed by atoms with Gasteiger partial charge in [0.15, 0.2) is 12.1 Å². The van der Waals surface area contributed by atoms with Gasteiger partial charge in [-0.15, -0.1) is 0 Å². The molecule has 0 unspecified atom stereocenters. The zero-order valence-corrected chi connectivity index (χ0v) is 15.0. The molecule has 0 aliphatic carbocycles. The van der Waals surface area contributed by atoms with Gasteiger partial charge < -0.3 is 14.4 Å². The first-order chi connectivity index (χ1) is 12.8. The number of hydrogen-bond donors (Lipinski definition) is 0. The standard InChI is InChI=1S/C19H24N4O3/c1-2-16-15(13-21-23(16)17-5-3-4-8-20-17)18(24)22-9-6-14(7-10-22)19-25-11-12-26-19/h3-5,8,13-14,19H,2,6-7,9-12H2,1H3. The third kappa shape index (κ3) is 3.24. The number of pyridine rings is 1. The Bertz CT molecular complexity index is 747. The zero-order chi connectivity index (χ0) is 17.9. The molecule has 7 heteroatoms. The summed E-state index contributed by atoms with van der Waals surface area (Å²) in [4.78, 5) is 19.3. The molecule has 0 saturated carbocycles. The average Bonchev–Trinajstić information content (AvgIpc) is 3.38. The summed E-state index contributed by atoms with van der Waals surface area (Å²) in [5.74, 6) is 1.16. The molecule has 0 spiro atoms. The Morgan fingerprint density at radius 2 is 2.00 bits per heavy atom. The van der Waals surface area contributed by atoms with Crippen molar-refractivity contribution in [2.75, 3.05) is 26.3 Å². The van der Waals surface area contributed by atoms with Crippen LogP contribution in [0.2, 0.25) is 0 Å². The maximum absolute atomic E-state index is 13.0. The number of hydrogen-bond acceptors (Lipinski definition) is 5. The lowest BCUT2D eigenvalue weighted by Gasteiger charge is -2.33. The number of amides is 1. The molecule has 138 valence electrons. The van der Waals surface area contributed by atoms with Crippen LogP contribution in [0.5, 0.6) is 0 Å². The van der Waals surface area contributed by atoms with Crippen LogP contribution in [0.15, 0.2) is 30.6 Å². The van der Waals surface area contributed by atoms with E-state index in [1.54, 1.807) is 17.1 Å². The molecule has 0 atom stereocenters. The van der Waals surface area contributed by atoms with Crippen LogP contribution in [0.25, 0.3) is 5.82 Å². The van der Waals surface area contributed by atoms with Gasteiger partial charge in [0.2, 0.25) is 0 Å². The van der Waals surface area contributed by atoms with Crippen molar-refractivity contribution in [2.45, 2.75) is 32.5 Å². The fraction of sp³-hybridized carbons (Fsp3) is 0.526. The topological polar surface area (TPSA) is 69.5 Å². The molecule has 2 fully saturated rings. The lowest BCUT2D eigenvalue weighted by molar-refractivity contribution is -0.0956. The maximum Gasteiger partial charge on any atom is 0.257 e. The lowest BCUT2D eigenvalue weighted by atomic mass is 9.95. The van der Waals surface area contributed by atoms with Crippen molar-refractivity contribution < 1.29 is 14.3 Å². The lowest BCUT2D eigenvalue weighted by Crippen LogP contribution is -2.41. The SMILES string of the molecule is CCc1c(C(=O)N2CCC(C3OCCO3)CC2)cnn1-c1ccccn1. The number of carbonyl (C=O) groups is 1. The molecule has 2 aromatic heterocycles. The summed E-state index contributed by atoms with van der Waals surface area (Å²) in [6.07, 6.45) is 5.85. The van der Waals surface area contributed by atoms with E-state index in [-0.39, 0.29) is 12.2 Å². The highest BCUT2D eigenvalue weighted by Gasteiger charge is 2.33. The van der Waals surface area contributed by atoms with Gasteiger partial charge in [-0.2, -0.15) is 5.10 Å². The minimum absolute atomic E-state index is 0.0516. The summed E-state index contributed by atoms with van der Waals surface area (Å²) in [6.45, 7) is 4.84. The van der Waals surface area contributed by atoms with E-state index in [9.17, 15) is 4.79 Å². The third-order valence-electron chi connectivity index (χ3n) is 5.16. The van der Waals surface area contributed by atoms with Crippen molar-refractivity contribution in [3.63, 3.8) is 0 Å². The molecule has 0 N–H and O–H groups in total. The van der Waals surface area contributed by atoms with Crippen LogP contribution < -0.4 is 0 Å². The number of carbonyl (C=O) groups excluding carboxylic acids is 1. The smallest absolute Gasteiger partial charge is 0.257 e. The van der Waals surface area contributed by atoms with E-state index < -0.39 is 0 Å². The molecule has 0 radical (unpaired) electrons. The third-order valence-corrected chi connectivity index (χ3v) is 5.16. The monoisotopic (exact) mass is 356 g/mol. The Balaban J connectivity index is 1.48. The molecule has 4 heterocycles. The van der Waals surface area contributed by atoms with Crippen molar-refractivity contribution >= 4 is 5.91 Å². The molecule has 0 bridgehead atoms. The fourth-order valence-corrected chi connectivity index (χ4v) is 3.76. The van der Waals surface area contributed by atoms with E-state index in [1.807, 2.05) is 30.0 Å². The van der Waals surface area contributed by atoms with Gasteiger partial charge in [-0.25, -0.2) is 9.67 Å². The van der Waals surface area contributed by atoms with Crippen LogP contribution in [0.1, 0.15) is 35.8 Å². The van der Waals surface area contributed by atoms with Crippen LogP contribution in [0.3, 0.4) is 0 Å². The summed E-state index contributed by atoms with van der Waals surface area (Å²) in [7, 11) is 0. The second kappa shape index (κ2) is 7.55. The summed E-state index contributed by atoms with van der Waals surface area (Å²) < 4.78 is 13.0. The van der Waals surface area contributed by atoms with Gasteiger partial charge in [0, 0.05) is 25.2 Å². The van der Waals surface area contributed by atoms with E-state index in [4.69, 9.17) is 9.47 Å². The van der Waals surface area contributed by atoms with Crippen molar-refractivity contribution in [1.82, 2.24) is 19.7 Å². The van der Waals surface area contributed by atoms with Gasteiger partial charge in [-0.3, -0.25) is 4.79 Å². The Morgan fingerprint density at radius 1 is 1.23 bits per heavy atom. The molecule has 26 heavy (non-hydrogen) atoms. The van der Waals surface area contributed by atoms with Gasteiger partial charge in [-0.1, -0.05) is 13.0 Å². The summed E-state index contributed by atoms with van der Waals surface area (Å²) in [5.41, 5.74) is 1.57. The molecule has 2 aromatic rings. The number of rotatable bonds is 4. The molecular formula is C19H24N4O3. The van der Waals surface area contributed by atoms with E-state index in [2.05, 4.69) is 10.1 Å². The van der Waals surface area contributed by atoms with Crippen molar-refractivity contribution in [3.8, 4) is 5.82 Å². The largest absolute Gasteiger partial charge is 0.350 e. The van der Waals surface area contributed by atoms with Gasteiger partial charge >= 0.3 is 0 Å². The Labute approximate surface area is 152 Å². The second-order valence-electron chi connectivity index (χ2n) is 6.70. The summed E-state index contributed by atoms with van der Waals surface area (Å²) in [6, 6.07) is 5.68. The Kier molecular flexibility index (Phi) is 4.99. The maximum atomic E-state index is 13.0. The predicted octanol–water partition coefficient (Wildman–Crippen LogP) is 2.05. The molecule has 4 rings (SSSR count). The van der Waals surface area contributed by atoms with Gasteiger partial charge in [0.1, 0.15) is 0 Å². The second-order valence-corrected chi connectivity index (χ2v) is 6.70. The highest BCUT2D eigenvalue weighted by Crippen LogP contribution is 2.27. The van der Waals surface area contributed by atoms with Gasteiger partial charge in [0.25, 0.3) is 5.91 Å². The number of nitrogens with zero attached hydrogens (tertiary/aromatic N) is 4. The van der Waals surface area contributed by atoms with Crippen molar-refractivity contribution in [3.05, 3.63) is 41.9 Å². The average molecular weight is 356 g/mol. The first-order valence-electron chi connectivity index (χ1n) is 9.28. The first-order valence-corrected chi connectivity index (χ1v) is 9.28. The van der Waals surface area contributed by atoms with Crippen LogP contribution in [-0.2, 0) is 15.9 Å². The number of piperidine rings is 1. The zero-order valence-electron chi connectivity index (χ0n) is 15.0. The minimum atomic E-state index is -0.0923. The van der Waals surface area contributed by atoms with Crippen molar-refractivity contribution in [1.29, 1.82) is 0 Å². The summed E-state index contributed by atoms with van der Waals surface area (Å²) >= 11 is 0. The molecule has 0 aromatic carbocycles. The molecule has 2 saturated heterocycles. The van der Waals surface area contributed by atoms with Crippen molar-refractivity contribution in [2.24, 2.45) is 5.92 Å². The van der Waals surface area contributed by atoms with Crippen LogP contribution in [0.4, 0.5) is 0 Å². The predicted molar refractivity (Wildman–Crippen MR) is 95.1 cm³/mol. The quantitative estimate of drug-likeness (QED) is 0.839. The molecule has 2 aliphatic rings. The van der Waals surface area contributed by atoms with E-state index >= 15 is 0 Å². The highest BCUT2D eigenvalue weighted by molar-refractivity contribution is 5.95. The fourth-order valence-electron chi connectivity index (χ4n) is 3.76. The number of likely N-dealkylation sites (tertiary alicyclic amines) is 1. The number of ether oxygens (including phenoxy) is 2. The number of aromatic nitrogens is 3. The molecule has 1 amide bonds. The first kappa shape index (κ1) is 17.2. The van der Waals surface area contributed by atoms with E-state index in [0.29, 0.717) is 24.7 Å². The van der Waals surface area contributed by atoms with Crippen LogP contribution in [-0.4, -0.2) is 58.2 Å². The van der Waals surface area contributed by atoms with E-state index in [0.717, 1.165) is 43.9 Å². The molecule has 2 aliphatic heterocycles. The Morgan fingerprint density at radius 3 is 2.65 bits per heavy atom. The minimum Gasteiger partial charge on any atom is -0.350 e. The van der Waals surface area contributed by atoms with Gasteiger partial charge in [-0.05, 0) is 31.4 Å². The summed E-state index contributed by atoms with van der Waals surface area (Å²) in [5, 5.41) is 4.42.